The average molecular weight is 728 g/mol. The summed E-state index contributed by atoms with van der Waals surface area (Å²) >= 11 is 2.15. The van der Waals surface area contributed by atoms with Crippen LogP contribution >= 0.6 is 23.1 Å². The number of amides is 2. The normalized spacial score (nSPS) is 14.8. The molecule has 0 aliphatic carbocycles. The molecule has 2 amide bonds. The first kappa shape index (κ1) is 41.1. The Balaban J connectivity index is 0.000000452. The van der Waals surface area contributed by atoms with Crippen LogP contribution in [0.5, 0.6) is 0 Å². The highest BCUT2D eigenvalue weighted by atomic mass is 32.2. The standard InChI is InChI=1S/C23H30N6O4S.C8H6FN3OS.C2H6/c1-23(2,3)33-22(32)28-19-9-18-14(10-25-19)8-16(34-18)12-27-21(31)17-6-7-20(29(17)5)26-11-15(13-30)24-4;9-6-3-1-2-5(12-6)8(11)14-7(10)4-13;1-2/h8-11,13,17,24H,6-7,12H2,1-5H3,(H,27,31)(H,25,28,32);1-4,10-11H;1-2H3/b15-11+,26-20?;;. The number of thioether (sulfide) groups is 1. The van der Waals surface area contributed by atoms with Crippen molar-refractivity contribution in [3.05, 3.63) is 64.9 Å². The Labute approximate surface area is 298 Å². The van der Waals surface area contributed by atoms with Gasteiger partial charge in [-0.25, -0.2) is 19.8 Å². The third-order valence-corrected chi connectivity index (χ3v) is 8.20. The number of fused-ring (bicyclic) bond motifs is 1. The zero-order valence-electron chi connectivity index (χ0n) is 28.9. The van der Waals surface area contributed by atoms with Crippen molar-refractivity contribution in [1.29, 1.82) is 10.8 Å². The molecule has 0 saturated carbocycles. The highest BCUT2D eigenvalue weighted by molar-refractivity contribution is 8.28. The Hall–Kier alpha value is -5.03. The van der Waals surface area contributed by atoms with Crippen LogP contribution in [0.3, 0.4) is 0 Å². The largest absolute Gasteiger partial charge is 0.444 e. The minimum atomic E-state index is -0.689. The number of aldehydes is 2. The molecule has 5 N–H and O–H groups in total. The maximum absolute atomic E-state index is 12.8. The quantitative estimate of drug-likeness (QED) is 0.0616. The van der Waals surface area contributed by atoms with E-state index in [4.69, 9.17) is 15.6 Å². The minimum absolute atomic E-state index is 0.0798. The Morgan fingerprint density at radius 3 is 2.54 bits per heavy atom. The van der Waals surface area contributed by atoms with Crippen LogP contribution in [-0.2, 0) is 25.7 Å². The fourth-order valence-corrected chi connectivity index (χ4v) is 5.64. The van der Waals surface area contributed by atoms with Gasteiger partial charge < -0.3 is 20.3 Å². The van der Waals surface area contributed by atoms with Crippen molar-refractivity contribution in [2.24, 2.45) is 4.99 Å². The van der Waals surface area contributed by atoms with Crippen molar-refractivity contribution in [3.8, 4) is 0 Å². The number of aliphatic imine (C=N–C) groups is 1. The smallest absolute Gasteiger partial charge is 0.413 e. The van der Waals surface area contributed by atoms with Crippen molar-refractivity contribution >= 4 is 79.5 Å². The lowest BCUT2D eigenvalue weighted by molar-refractivity contribution is -0.124. The lowest BCUT2D eigenvalue weighted by Crippen LogP contribution is -2.42. The van der Waals surface area contributed by atoms with E-state index < -0.39 is 17.6 Å². The number of rotatable bonds is 9. The molecule has 3 aromatic heterocycles. The van der Waals surface area contributed by atoms with Gasteiger partial charge in [-0.3, -0.25) is 30.5 Å². The van der Waals surface area contributed by atoms with Gasteiger partial charge in [-0.15, -0.1) is 11.3 Å². The number of halogens is 1. The topological polar surface area (TPSA) is 203 Å². The van der Waals surface area contributed by atoms with E-state index in [2.05, 4.69) is 30.9 Å². The van der Waals surface area contributed by atoms with Gasteiger partial charge in [-0.05, 0) is 63.2 Å². The molecule has 14 nitrogen and oxygen atoms in total. The molecular formula is C33H42FN9O5S2. The van der Waals surface area contributed by atoms with Crippen LogP contribution < -0.4 is 16.0 Å². The monoisotopic (exact) mass is 727 g/mol. The van der Waals surface area contributed by atoms with Crippen molar-refractivity contribution in [2.45, 2.75) is 65.6 Å². The summed E-state index contributed by atoms with van der Waals surface area (Å²) < 4.78 is 18.8. The van der Waals surface area contributed by atoms with Crippen molar-refractivity contribution in [2.75, 3.05) is 19.4 Å². The first-order valence-electron chi connectivity index (χ1n) is 15.4. The molecule has 1 unspecified atom stereocenters. The van der Waals surface area contributed by atoms with Crippen molar-refractivity contribution in [1.82, 2.24) is 25.5 Å². The van der Waals surface area contributed by atoms with Crippen LogP contribution in [0.25, 0.3) is 10.1 Å². The molecule has 50 heavy (non-hydrogen) atoms. The number of amidine groups is 1. The van der Waals surface area contributed by atoms with Gasteiger partial charge in [0.05, 0.1) is 24.1 Å². The number of carbonyl (C=O) groups is 4. The fourth-order valence-electron chi connectivity index (χ4n) is 4.14. The average Bonchev–Trinajstić information content (AvgIpc) is 3.66. The molecular weight excluding hydrogens is 686 g/mol. The predicted molar refractivity (Wildman–Crippen MR) is 197 cm³/mol. The number of thiophene rings is 1. The van der Waals surface area contributed by atoms with Gasteiger partial charge in [0.2, 0.25) is 11.9 Å². The molecule has 0 spiro atoms. The Morgan fingerprint density at radius 2 is 1.92 bits per heavy atom. The van der Waals surface area contributed by atoms with Gasteiger partial charge in [0.1, 0.15) is 33.4 Å². The van der Waals surface area contributed by atoms with E-state index >= 15 is 0 Å². The zero-order chi connectivity index (χ0) is 37.4. The first-order chi connectivity index (χ1) is 23.7. The van der Waals surface area contributed by atoms with Crippen LogP contribution in [0.4, 0.5) is 15.0 Å². The van der Waals surface area contributed by atoms with Gasteiger partial charge in [0.15, 0.2) is 12.6 Å². The van der Waals surface area contributed by atoms with Gasteiger partial charge in [0, 0.05) is 41.7 Å². The number of anilines is 1. The number of likely N-dealkylation sites (tertiary alicyclic amines) is 1. The van der Waals surface area contributed by atoms with E-state index in [0.29, 0.717) is 55.2 Å². The number of hydrogen-bond donors (Lipinski definition) is 5. The summed E-state index contributed by atoms with van der Waals surface area (Å²) in [5.74, 6) is 0.394. The second-order valence-corrected chi connectivity index (χ2v) is 13.3. The van der Waals surface area contributed by atoms with E-state index in [1.165, 1.54) is 29.7 Å². The number of pyridine rings is 2. The second-order valence-electron chi connectivity index (χ2n) is 11.1. The Kier molecular flexibility index (Phi) is 16.3. The molecule has 4 heterocycles. The lowest BCUT2D eigenvalue weighted by Gasteiger charge is -2.21. The van der Waals surface area contributed by atoms with E-state index in [1.54, 1.807) is 40.1 Å². The number of ether oxygens (including phenoxy) is 1. The highest BCUT2D eigenvalue weighted by Crippen LogP contribution is 2.27. The molecule has 0 radical (unpaired) electrons. The number of allylic oxidation sites excluding steroid dienone is 1. The zero-order valence-corrected chi connectivity index (χ0v) is 30.6. The molecule has 1 aliphatic heterocycles. The van der Waals surface area contributed by atoms with E-state index in [1.807, 2.05) is 31.9 Å². The molecule has 1 atom stereocenters. The lowest BCUT2D eigenvalue weighted by atomic mass is 10.2. The van der Waals surface area contributed by atoms with E-state index in [-0.39, 0.29) is 27.7 Å². The Morgan fingerprint density at radius 1 is 1.20 bits per heavy atom. The molecule has 268 valence electrons. The molecule has 1 aliphatic rings. The van der Waals surface area contributed by atoms with Gasteiger partial charge in [-0.2, -0.15) is 4.39 Å². The SMILES string of the molecule is CC.CN/C(C=O)=C/N=C1CCC(C(=O)NCc2cc3cnc(NC(=O)OC(C)(C)C)cc3s2)N1C.N=C(C=O)SC(=N)c1cccc(F)n1. The van der Waals surface area contributed by atoms with Crippen LogP contribution in [-0.4, -0.2) is 81.1 Å². The van der Waals surface area contributed by atoms with Gasteiger partial charge in [0.25, 0.3) is 0 Å². The predicted octanol–water partition coefficient (Wildman–Crippen LogP) is 5.49. The summed E-state index contributed by atoms with van der Waals surface area (Å²) in [4.78, 5) is 60.6. The summed E-state index contributed by atoms with van der Waals surface area (Å²) in [6.45, 7) is 9.78. The number of hydrogen-bond acceptors (Lipinski definition) is 13. The van der Waals surface area contributed by atoms with Crippen LogP contribution in [0.2, 0.25) is 0 Å². The molecule has 4 rings (SSSR count). The number of nitrogens with zero attached hydrogens (tertiary/aromatic N) is 4. The minimum Gasteiger partial charge on any atom is -0.444 e. The first-order valence-corrected chi connectivity index (χ1v) is 17.1. The van der Waals surface area contributed by atoms with Crippen LogP contribution in [0.1, 0.15) is 58.0 Å². The maximum Gasteiger partial charge on any atom is 0.413 e. The third-order valence-electron chi connectivity index (χ3n) is 6.37. The van der Waals surface area contributed by atoms with Crippen LogP contribution in [0.15, 0.2) is 53.4 Å². The molecule has 0 aromatic carbocycles. The third kappa shape index (κ3) is 13.1. The highest BCUT2D eigenvalue weighted by Gasteiger charge is 2.31. The molecule has 17 heteroatoms. The van der Waals surface area contributed by atoms with Crippen LogP contribution in [0, 0.1) is 16.8 Å². The molecule has 0 bridgehead atoms. The second kappa shape index (κ2) is 19.8. The molecule has 1 fully saturated rings. The number of aromatic nitrogens is 2. The fraction of sp³-hybridized carbons (Fsp3) is 0.364. The molecule has 1 saturated heterocycles. The van der Waals surface area contributed by atoms with E-state index in [9.17, 15) is 23.6 Å². The summed E-state index contributed by atoms with van der Waals surface area (Å²) in [6, 6.07) is 7.45. The summed E-state index contributed by atoms with van der Waals surface area (Å²) in [7, 11) is 3.48. The maximum atomic E-state index is 12.8. The van der Waals surface area contributed by atoms with Crippen molar-refractivity contribution in [3.63, 3.8) is 0 Å². The van der Waals surface area contributed by atoms with Crippen molar-refractivity contribution < 1.29 is 28.3 Å². The number of likely N-dealkylation sites (N-methyl/N-ethyl adjacent to an activating group) is 2. The number of nitrogens with one attached hydrogen (secondary N) is 5. The molecule has 3 aromatic rings. The summed E-state index contributed by atoms with van der Waals surface area (Å²) in [5, 5.41) is 23.3. The van der Waals surface area contributed by atoms with Gasteiger partial charge in [-0.1, -0.05) is 19.9 Å². The van der Waals surface area contributed by atoms with E-state index in [0.717, 1.165) is 26.9 Å². The van der Waals surface area contributed by atoms with Gasteiger partial charge >= 0.3 is 6.09 Å². The summed E-state index contributed by atoms with van der Waals surface area (Å²) in [6.07, 6.45) is 4.92. The Bertz CT molecular complexity index is 1750. The number of carbonyl (C=O) groups excluding carboxylic acids is 4. The summed E-state index contributed by atoms with van der Waals surface area (Å²) in [5.41, 5.74) is -0.108.